The zero-order valence-corrected chi connectivity index (χ0v) is 17.2. The normalized spacial score (nSPS) is 13.1. The van der Waals surface area contributed by atoms with Gasteiger partial charge in [-0.1, -0.05) is 23.9 Å². The van der Waals surface area contributed by atoms with Gasteiger partial charge in [0, 0.05) is 17.8 Å². The Bertz CT molecular complexity index is 1080. The highest BCUT2D eigenvalue weighted by Gasteiger charge is 2.21. The first kappa shape index (κ1) is 20.4. The van der Waals surface area contributed by atoms with Crippen LogP contribution in [0.1, 0.15) is 35.4 Å². The van der Waals surface area contributed by atoms with Gasteiger partial charge in [0.25, 0.3) is 0 Å². The Morgan fingerprint density at radius 3 is 2.77 bits per heavy atom. The Hall–Kier alpha value is -2.87. The fourth-order valence-corrected chi connectivity index (χ4v) is 4.48. The molecular weight excluding hydrogens is 405 g/mol. The summed E-state index contributed by atoms with van der Waals surface area (Å²) in [6.07, 6.45) is 5.32. The monoisotopic (exact) mass is 427 g/mol. The number of nitrogens with zero attached hydrogens (tertiary/aromatic N) is 2. The summed E-state index contributed by atoms with van der Waals surface area (Å²) in [7, 11) is 0. The third-order valence-corrected chi connectivity index (χ3v) is 6.11. The van der Waals surface area contributed by atoms with Crippen molar-refractivity contribution in [1.82, 2.24) is 14.9 Å². The van der Waals surface area contributed by atoms with Crippen LogP contribution in [-0.4, -0.2) is 21.2 Å². The van der Waals surface area contributed by atoms with Crippen molar-refractivity contribution in [2.75, 3.05) is 5.75 Å². The van der Waals surface area contributed by atoms with Gasteiger partial charge in [0.1, 0.15) is 16.6 Å². The molecular formula is C22H22FN3O3S. The lowest BCUT2D eigenvalue weighted by atomic mass is 9.97. The summed E-state index contributed by atoms with van der Waals surface area (Å²) in [5.41, 5.74) is 2.56. The summed E-state index contributed by atoms with van der Waals surface area (Å²) in [5, 5.41) is 3.46. The Kier molecular flexibility index (Phi) is 6.32. The van der Waals surface area contributed by atoms with Crippen LogP contribution < -0.4 is 11.0 Å². The number of fused-ring (bicyclic) bond motifs is 1. The van der Waals surface area contributed by atoms with E-state index < -0.39 is 0 Å². The van der Waals surface area contributed by atoms with E-state index in [0.717, 1.165) is 42.5 Å². The van der Waals surface area contributed by atoms with Gasteiger partial charge in [0.05, 0.1) is 18.6 Å². The van der Waals surface area contributed by atoms with Crippen molar-refractivity contribution in [2.45, 2.75) is 43.8 Å². The Balaban J connectivity index is 1.44. The lowest BCUT2D eigenvalue weighted by Crippen LogP contribution is -2.31. The molecule has 0 spiro atoms. The number of thioether (sulfide) groups is 1. The van der Waals surface area contributed by atoms with Gasteiger partial charge in [0.2, 0.25) is 5.91 Å². The number of halogens is 1. The van der Waals surface area contributed by atoms with Crippen molar-refractivity contribution in [1.29, 1.82) is 0 Å². The Morgan fingerprint density at radius 1 is 1.20 bits per heavy atom. The molecule has 0 atom stereocenters. The number of amides is 1. The molecule has 0 bridgehead atoms. The number of rotatable bonds is 7. The van der Waals surface area contributed by atoms with Crippen molar-refractivity contribution in [3.63, 3.8) is 0 Å². The predicted molar refractivity (Wildman–Crippen MR) is 112 cm³/mol. The molecule has 8 heteroatoms. The molecule has 2 aromatic heterocycles. The first-order chi connectivity index (χ1) is 14.6. The molecule has 1 aliphatic carbocycles. The molecule has 6 nitrogen and oxygen atoms in total. The number of benzene rings is 1. The standard InChI is InChI=1S/C22H22FN3O3S/c23-16-9-7-15(8-10-16)12-24-20(27)14-30-21-18-5-1-2-6-19(18)26(22(28)25-21)13-17-4-3-11-29-17/h3-4,7-11H,1-2,5-6,12-14H2,(H,24,27). The summed E-state index contributed by atoms with van der Waals surface area (Å²) >= 11 is 1.29. The molecule has 1 amide bonds. The van der Waals surface area contributed by atoms with E-state index >= 15 is 0 Å². The fraction of sp³-hybridized carbons (Fsp3) is 0.318. The van der Waals surface area contributed by atoms with E-state index in [-0.39, 0.29) is 23.2 Å². The van der Waals surface area contributed by atoms with Gasteiger partial charge in [-0.2, -0.15) is 4.98 Å². The molecule has 1 N–H and O–H groups in total. The van der Waals surface area contributed by atoms with Crippen LogP contribution in [0.25, 0.3) is 0 Å². The van der Waals surface area contributed by atoms with E-state index in [2.05, 4.69) is 10.3 Å². The fourth-order valence-electron chi connectivity index (χ4n) is 3.58. The highest BCUT2D eigenvalue weighted by molar-refractivity contribution is 7.99. The van der Waals surface area contributed by atoms with Gasteiger partial charge < -0.3 is 9.73 Å². The lowest BCUT2D eigenvalue weighted by Gasteiger charge is -2.22. The average Bonchev–Trinajstić information content (AvgIpc) is 3.27. The number of furan rings is 1. The summed E-state index contributed by atoms with van der Waals surface area (Å²) in [6, 6.07) is 9.65. The van der Waals surface area contributed by atoms with Crippen molar-refractivity contribution in [2.24, 2.45) is 0 Å². The van der Waals surface area contributed by atoms with Gasteiger partial charge in [-0.3, -0.25) is 9.36 Å². The number of aromatic nitrogens is 2. The SMILES string of the molecule is O=C(CSc1nc(=O)n(Cc2ccco2)c2c1CCCC2)NCc1ccc(F)cc1. The van der Waals surface area contributed by atoms with Crippen LogP contribution in [0, 0.1) is 5.82 Å². The third-order valence-electron chi connectivity index (χ3n) is 5.09. The lowest BCUT2D eigenvalue weighted by molar-refractivity contribution is -0.118. The maximum absolute atomic E-state index is 13.0. The van der Waals surface area contributed by atoms with Crippen LogP contribution >= 0.6 is 11.8 Å². The Labute approximate surface area is 177 Å². The van der Waals surface area contributed by atoms with Crippen LogP contribution in [0.2, 0.25) is 0 Å². The quantitative estimate of drug-likeness (QED) is 0.462. The van der Waals surface area contributed by atoms with Crippen molar-refractivity contribution in [3.8, 4) is 0 Å². The van der Waals surface area contributed by atoms with E-state index in [0.29, 0.717) is 23.9 Å². The van der Waals surface area contributed by atoms with Gasteiger partial charge in [-0.05, 0) is 55.5 Å². The van der Waals surface area contributed by atoms with Gasteiger partial charge in [0.15, 0.2) is 0 Å². The van der Waals surface area contributed by atoms with Gasteiger partial charge in [-0.25, -0.2) is 9.18 Å². The molecule has 0 fully saturated rings. The van der Waals surface area contributed by atoms with Crippen LogP contribution in [0.5, 0.6) is 0 Å². The minimum absolute atomic E-state index is 0.157. The number of hydrogen-bond donors (Lipinski definition) is 1. The van der Waals surface area contributed by atoms with E-state index in [9.17, 15) is 14.0 Å². The maximum Gasteiger partial charge on any atom is 0.349 e. The molecule has 0 saturated carbocycles. The largest absolute Gasteiger partial charge is 0.467 e. The molecule has 3 aromatic rings. The van der Waals surface area contributed by atoms with E-state index in [1.54, 1.807) is 29.0 Å². The van der Waals surface area contributed by atoms with Crippen LogP contribution in [0.3, 0.4) is 0 Å². The van der Waals surface area contributed by atoms with Crippen LogP contribution in [0.15, 0.2) is 56.9 Å². The van der Waals surface area contributed by atoms with E-state index in [1.165, 1.54) is 23.9 Å². The highest BCUT2D eigenvalue weighted by Crippen LogP contribution is 2.28. The van der Waals surface area contributed by atoms with Crippen molar-refractivity contribution < 1.29 is 13.6 Å². The third kappa shape index (κ3) is 4.81. The van der Waals surface area contributed by atoms with Crippen molar-refractivity contribution >= 4 is 17.7 Å². The zero-order valence-electron chi connectivity index (χ0n) is 16.4. The highest BCUT2D eigenvalue weighted by atomic mass is 32.2. The molecule has 156 valence electrons. The molecule has 0 unspecified atom stereocenters. The minimum atomic E-state index is -0.318. The molecule has 1 aliphatic rings. The predicted octanol–water partition coefficient (Wildman–Crippen LogP) is 3.31. The van der Waals surface area contributed by atoms with Gasteiger partial charge >= 0.3 is 5.69 Å². The van der Waals surface area contributed by atoms with E-state index in [4.69, 9.17) is 4.42 Å². The first-order valence-corrected chi connectivity index (χ1v) is 10.9. The summed E-state index contributed by atoms with van der Waals surface area (Å²) in [5.74, 6) is 0.420. The van der Waals surface area contributed by atoms with E-state index in [1.807, 2.05) is 6.07 Å². The first-order valence-electron chi connectivity index (χ1n) is 9.89. The number of nitrogens with one attached hydrogen (secondary N) is 1. The number of carbonyl (C=O) groups is 1. The second-order valence-corrected chi connectivity index (χ2v) is 8.15. The second kappa shape index (κ2) is 9.30. The molecule has 4 rings (SSSR count). The Morgan fingerprint density at radius 2 is 2.00 bits per heavy atom. The molecule has 0 aliphatic heterocycles. The average molecular weight is 428 g/mol. The molecule has 30 heavy (non-hydrogen) atoms. The summed E-state index contributed by atoms with van der Waals surface area (Å²) in [4.78, 5) is 29.2. The minimum Gasteiger partial charge on any atom is -0.467 e. The zero-order chi connectivity index (χ0) is 20.9. The van der Waals surface area contributed by atoms with Crippen molar-refractivity contribution in [3.05, 3.63) is 81.5 Å². The van der Waals surface area contributed by atoms with Gasteiger partial charge in [-0.15, -0.1) is 0 Å². The van der Waals surface area contributed by atoms with Crippen LogP contribution in [-0.2, 0) is 30.7 Å². The molecule has 1 aromatic carbocycles. The second-order valence-electron chi connectivity index (χ2n) is 7.19. The molecule has 0 radical (unpaired) electrons. The summed E-state index contributed by atoms with van der Waals surface area (Å²) in [6.45, 7) is 0.695. The van der Waals surface area contributed by atoms with Crippen LogP contribution in [0.4, 0.5) is 4.39 Å². The number of carbonyl (C=O) groups excluding carboxylic acids is 1. The number of hydrogen-bond acceptors (Lipinski definition) is 5. The smallest absolute Gasteiger partial charge is 0.349 e. The molecule has 0 saturated heterocycles. The molecule has 2 heterocycles. The summed E-state index contributed by atoms with van der Waals surface area (Å²) < 4.78 is 20.1. The topological polar surface area (TPSA) is 77.1 Å². The maximum atomic E-state index is 13.0.